The van der Waals surface area contributed by atoms with Crippen molar-refractivity contribution in [2.45, 2.75) is 25.8 Å². The Morgan fingerprint density at radius 1 is 1.35 bits per heavy atom. The van der Waals surface area contributed by atoms with Crippen LogP contribution in [-0.4, -0.2) is 4.98 Å². The minimum atomic E-state index is 0.213. The molecule has 1 heterocycles. The Morgan fingerprint density at radius 3 is 3.00 bits per heavy atom. The molecule has 0 saturated heterocycles. The van der Waals surface area contributed by atoms with Crippen LogP contribution < -0.4 is 5.32 Å². The van der Waals surface area contributed by atoms with Crippen LogP contribution in [0.15, 0.2) is 30.3 Å². The maximum absolute atomic E-state index is 9.04. The second kappa shape index (κ2) is 5.15. The maximum Gasteiger partial charge on any atom is 0.145 e. The molecule has 0 aliphatic heterocycles. The first-order valence-electron chi connectivity index (χ1n) is 6.60. The van der Waals surface area contributed by atoms with Gasteiger partial charge in [-0.25, -0.2) is 4.98 Å². The number of aryl methyl sites for hydroxylation is 1. The molecule has 0 spiro atoms. The van der Waals surface area contributed by atoms with Crippen LogP contribution in [0.5, 0.6) is 0 Å². The van der Waals surface area contributed by atoms with E-state index in [0.29, 0.717) is 5.69 Å². The molecule has 3 nitrogen and oxygen atoms in total. The summed E-state index contributed by atoms with van der Waals surface area (Å²) in [7, 11) is 0. The lowest BCUT2D eigenvalue weighted by atomic mass is 10.1. The summed E-state index contributed by atoms with van der Waals surface area (Å²) in [6.07, 6.45) is 1.97. The summed E-state index contributed by atoms with van der Waals surface area (Å²) < 4.78 is 0. The first kappa shape index (κ1) is 13.0. The van der Waals surface area contributed by atoms with Crippen molar-refractivity contribution in [3.05, 3.63) is 57.7 Å². The SMILES string of the molecule is Cc1ccc(NC2CCc3c(Cl)cccc32)nc1C#N. The molecule has 0 fully saturated rings. The summed E-state index contributed by atoms with van der Waals surface area (Å²) in [5.41, 5.74) is 3.82. The van der Waals surface area contributed by atoms with Crippen molar-refractivity contribution in [2.24, 2.45) is 0 Å². The van der Waals surface area contributed by atoms with E-state index in [0.717, 1.165) is 29.2 Å². The smallest absolute Gasteiger partial charge is 0.145 e. The topological polar surface area (TPSA) is 48.7 Å². The third kappa shape index (κ3) is 2.23. The molecule has 20 heavy (non-hydrogen) atoms. The summed E-state index contributed by atoms with van der Waals surface area (Å²) >= 11 is 6.22. The van der Waals surface area contributed by atoms with E-state index in [1.165, 1.54) is 11.1 Å². The van der Waals surface area contributed by atoms with Crippen molar-refractivity contribution in [3.8, 4) is 6.07 Å². The fourth-order valence-corrected chi connectivity index (χ4v) is 2.94. The van der Waals surface area contributed by atoms with E-state index in [1.807, 2.05) is 31.2 Å². The molecule has 1 aromatic heterocycles. The zero-order chi connectivity index (χ0) is 14.1. The molecule has 1 aliphatic carbocycles. The van der Waals surface area contributed by atoms with Gasteiger partial charge in [-0.3, -0.25) is 0 Å². The number of benzene rings is 1. The Bertz CT molecular complexity index is 703. The Kier molecular flexibility index (Phi) is 3.33. The minimum absolute atomic E-state index is 0.213. The van der Waals surface area contributed by atoms with E-state index in [4.69, 9.17) is 16.9 Å². The quantitative estimate of drug-likeness (QED) is 0.906. The van der Waals surface area contributed by atoms with E-state index in [1.54, 1.807) is 0 Å². The van der Waals surface area contributed by atoms with Gasteiger partial charge in [0.05, 0.1) is 6.04 Å². The van der Waals surface area contributed by atoms with E-state index < -0.39 is 0 Å². The van der Waals surface area contributed by atoms with Crippen LogP contribution in [0.4, 0.5) is 5.82 Å². The second-order valence-corrected chi connectivity index (χ2v) is 5.42. The first-order chi connectivity index (χ1) is 9.69. The monoisotopic (exact) mass is 283 g/mol. The Morgan fingerprint density at radius 2 is 2.20 bits per heavy atom. The van der Waals surface area contributed by atoms with Gasteiger partial charge < -0.3 is 5.32 Å². The average Bonchev–Trinajstić information content (AvgIpc) is 2.86. The Labute approximate surface area is 123 Å². The lowest BCUT2D eigenvalue weighted by Crippen LogP contribution is -2.09. The number of hydrogen-bond donors (Lipinski definition) is 1. The molecule has 1 unspecified atom stereocenters. The van der Waals surface area contributed by atoms with Crippen LogP contribution in [0.2, 0.25) is 5.02 Å². The van der Waals surface area contributed by atoms with E-state index in [9.17, 15) is 0 Å². The fraction of sp³-hybridized carbons (Fsp3) is 0.250. The van der Waals surface area contributed by atoms with Crippen molar-refractivity contribution >= 4 is 17.4 Å². The van der Waals surface area contributed by atoms with Gasteiger partial charge in [-0.05, 0) is 48.6 Å². The van der Waals surface area contributed by atoms with Crippen molar-refractivity contribution < 1.29 is 0 Å². The molecule has 0 bridgehead atoms. The number of nitrogens with zero attached hydrogens (tertiary/aromatic N) is 2. The first-order valence-corrected chi connectivity index (χ1v) is 6.98. The minimum Gasteiger partial charge on any atom is -0.363 e. The molecule has 2 aromatic rings. The summed E-state index contributed by atoms with van der Waals surface area (Å²) in [5.74, 6) is 0.741. The molecular formula is C16H14ClN3. The number of rotatable bonds is 2. The molecule has 1 N–H and O–H groups in total. The standard InChI is InChI=1S/C16H14ClN3/c1-10-5-8-16(20-15(10)9-18)19-14-7-6-11-12(14)3-2-4-13(11)17/h2-5,8,14H,6-7H2,1H3,(H,19,20). The predicted molar refractivity (Wildman–Crippen MR) is 79.8 cm³/mol. The number of halogens is 1. The van der Waals surface area contributed by atoms with Crippen molar-refractivity contribution in [2.75, 3.05) is 5.32 Å². The van der Waals surface area contributed by atoms with Crippen LogP contribution in [-0.2, 0) is 6.42 Å². The van der Waals surface area contributed by atoms with Gasteiger partial charge in [-0.15, -0.1) is 0 Å². The second-order valence-electron chi connectivity index (χ2n) is 5.02. The number of nitriles is 1. The van der Waals surface area contributed by atoms with E-state index in [2.05, 4.69) is 22.4 Å². The van der Waals surface area contributed by atoms with Gasteiger partial charge in [-0.1, -0.05) is 29.8 Å². The lowest BCUT2D eigenvalue weighted by Gasteiger charge is -2.15. The Hall–Kier alpha value is -2.05. The largest absolute Gasteiger partial charge is 0.363 e. The van der Waals surface area contributed by atoms with Crippen LogP contribution in [0, 0.1) is 18.3 Å². The maximum atomic E-state index is 9.04. The zero-order valence-corrected chi connectivity index (χ0v) is 11.9. The average molecular weight is 284 g/mol. The third-order valence-corrected chi connectivity index (χ3v) is 4.09. The van der Waals surface area contributed by atoms with Crippen LogP contribution in [0.3, 0.4) is 0 Å². The summed E-state index contributed by atoms with van der Waals surface area (Å²) in [4.78, 5) is 4.34. The molecule has 1 aromatic carbocycles. The lowest BCUT2D eigenvalue weighted by molar-refractivity contribution is 0.757. The third-order valence-electron chi connectivity index (χ3n) is 3.74. The van der Waals surface area contributed by atoms with Gasteiger partial charge in [0.25, 0.3) is 0 Å². The van der Waals surface area contributed by atoms with Crippen LogP contribution in [0.1, 0.15) is 34.8 Å². The van der Waals surface area contributed by atoms with Gasteiger partial charge in [-0.2, -0.15) is 5.26 Å². The summed E-state index contributed by atoms with van der Waals surface area (Å²) in [6.45, 7) is 1.89. The summed E-state index contributed by atoms with van der Waals surface area (Å²) in [5, 5.41) is 13.3. The molecule has 0 saturated carbocycles. The van der Waals surface area contributed by atoms with Gasteiger partial charge in [0.15, 0.2) is 0 Å². The number of fused-ring (bicyclic) bond motifs is 1. The number of nitrogens with one attached hydrogen (secondary N) is 1. The zero-order valence-electron chi connectivity index (χ0n) is 11.2. The van der Waals surface area contributed by atoms with Gasteiger partial charge in [0.1, 0.15) is 17.6 Å². The Balaban J connectivity index is 1.88. The van der Waals surface area contributed by atoms with Crippen molar-refractivity contribution in [1.29, 1.82) is 5.26 Å². The highest BCUT2D eigenvalue weighted by Crippen LogP contribution is 2.37. The molecule has 1 atom stereocenters. The van der Waals surface area contributed by atoms with Gasteiger partial charge >= 0.3 is 0 Å². The number of aromatic nitrogens is 1. The van der Waals surface area contributed by atoms with Crippen LogP contribution >= 0.6 is 11.6 Å². The van der Waals surface area contributed by atoms with Crippen molar-refractivity contribution in [1.82, 2.24) is 4.98 Å². The van der Waals surface area contributed by atoms with Crippen molar-refractivity contribution in [3.63, 3.8) is 0 Å². The van der Waals surface area contributed by atoms with Gasteiger partial charge in [0.2, 0.25) is 0 Å². The highest BCUT2D eigenvalue weighted by Gasteiger charge is 2.24. The molecule has 100 valence electrons. The molecule has 0 amide bonds. The normalized spacial score (nSPS) is 16.6. The highest BCUT2D eigenvalue weighted by atomic mass is 35.5. The highest BCUT2D eigenvalue weighted by molar-refractivity contribution is 6.31. The van der Waals surface area contributed by atoms with Gasteiger partial charge in [0, 0.05) is 5.02 Å². The van der Waals surface area contributed by atoms with Crippen LogP contribution in [0.25, 0.3) is 0 Å². The molecule has 1 aliphatic rings. The molecule has 0 radical (unpaired) electrons. The number of hydrogen-bond acceptors (Lipinski definition) is 3. The number of anilines is 1. The molecule has 3 rings (SSSR count). The summed E-state index contributed by atoms with van der Waals surface area (Å²) in [6, 6.07) is 12.2. The molecule has 4 heteroatoms. The van der Waals surface area contributed by atoms with E-state index >= 15 is 0 Å². The molecular weight excluding hydrogens is 270 g/mol. The predicted octanol–water partition coefficient (Wildman–Crippen LogP) is 4.01. The number of pyridine rings is 1. The van der Waals surface area contributed by atoms with E-state index in [-0.39, 0.29) is 6.04 Å². The fourth-order valence-electron chi connectivity index (χ4n) is 2.66.